The van der Waals surface area contributed by atoms with Crippen LogP contribution in [0.25, 0.3) is 11.1 Å². The highest BCUT2D eigenvalue weighted by molar-refractivity contribution is 5.97. The Morgan fingerprint density at radius 2 is 1.86 bits per heavy atom. The number of carbonyl (C=O) groups excluding carboxylic acids is 2. The molecule has 5 nitrogen and oxygen atoms in total. The van der Waals surface area contributed by atoms with Crippen LogP contribution in [0.1, 0.15) is 29.6 Å². The fourth-order valence-electron chi connectivity index (χ4n) is 3.81. The van der Waals surface area contributed by atoms with E-state index in [-0.39, 0.29) is 11.8 Å². The quantitative estimate of drug-likeness (QED) is 0.839. The highest BCUT2D eigenvalue weighted by Crippen LogP contribution is 2.33. The van der Waals surface area contributed by atoms with Crippen molar-refractivity contribution in [3.63, 3.8) is 0 Å². The topological polar surface area (TPSA) is 58.6 Å². The number of methoxy groups -OCH3 is 1. The Morgan fingerprint density at radius 3 is 2.57 bits per heavy atom. The van der Waals surface area contributed by atoms with Crippen LogP contribution in [0.3, 0.4) is 0 Å². The van der Waals surface area contributed by atoms with Gasteiger partial charge in [-0.1, -0.05) is 36.4 Å². The lowest BCUT2D eigenvalue weighted by atomic mass is 10.0. The fraction of sp³-hybridized carbons (Fsp3) is 0.391. The first-order valence-corrected chi connectivity index (χ1v) is 9.96. The Hall–Kier alpha value is -2.82. The Balaban J connectivity index is 1.37. The number of amides is 2. The molecule has 146 valence electrons. The van der Waals surface area contributed by atoms with E-state index in [1.807, 2.05) is 53.4 Å². The minimum Gasteiger partial charge on any atom is -0.496 e. The van der Waals surface area contributed by atoms with Crippen LogP contribution in [0.4, 0.5) is 0 Å². The summed E-state index contributed by atoms with van der Waals surface area (Å²) in [6.45, 7) is 2.14. The summed E-state index contributed by atoms with van der Waals surface area (Å²) in [5, 5.41) is 3.02. The van der Waals surface area contributed by atoms with Gasteiger partial charge >= 0.3 is 0 Å². The van der Waals surface area contributed by atoms with Crippen LogP contribution in [0.5, 0.6) is 5.75 Å². The molecule has 1 heterocycles. The number of hydrogen-bond donors (Lipinski definition) is 1. The molecule has 1 N–H and O–H groups in total. The molecule has 0 spiro atoms. The zero-order valence-electron chi connectivity index (χ0n) is 16.2. The van der Waals surface area contributed by atoms with E-state index in [1.54, 1.807) is 7.11 Å². The number of ether oxygens (including phenoxy) is 1. The Bertz CT molecular complexity index is 861. The average Bonchev–Trinajstić information content (AvgIpc) is 3.49. The number of rotatable bonds is 6. The summed E-state index contributed by atoms with van der Waals surface area (Å²) in [7, 11) is 1.58. The molecule has 2 aromatic carbocycles. The van der Waals surface area contributed by atoms with Crippen molar-refractivity contribution in [1.29, 1.82) is 0 Å². The van der Waals surface area contributed by atoms with Crippen molar-refractivity contribution in [2.24, 2.45) is 11.8 Å². The molecule has 1 atom stereocenters. The maximum atomic E-state index is 12.7. The van der Waals surface area contributed by atoms with Gasteiger partial charge in [-0.25, -0.2) is 0 Å². The van der Waals surface area contributed by atoms with Crippen LogP contribution in [-0.4, -0.2) is 43.5 Å². The van der Waals surface area contributed by atoms with Gasteiger partial charge in [0.05, 0.1) is 12.7 Å². The second-order valence-corrected chi connectivity index (χ2v) is 7.70. The number of carbonyl (C=O) groups is 2. The van der Waals surface area contributed by atoms with Gasteiger partial charge in [0.15, 0.2) is 0 Å². The second-order valence-electron chi connectivity index (χ2n) is 7.70. The molecule has 5 heteroatoms. The normalized spacial score (nSPS) is 18.8. The minimum atomic E-state index is -0.136. The molecule has 0 aromatic heterocycles. The van der Waals surface area contributed by atoms with Crippen molar-refractivity contribution >= 4 is 11.8 Å². The van der Waals surface area contributed by atoms with Gasteiger partial charge in [0.25, 0.3) is 5.91 Å². The molecule has 4 rings (SSSR count). The largest absolute Gasteiger partial charge is 0.496 e. The van der Waals surface area contributed by atoms with Crippen LogP contribution >= 0.6 is 0 Å². The van der Waals surface area contributed by atoms with E-state index in [2.05, 4.69) is 5.32 Å². The molecular weight excluding hydrogens is 352 g/mol. The number of nitrogens with zero attached hydrogens (tertiary/aromatic N) is 1. The van der Waals surface area contributed by atoms with Crippen molar-refractivity contribution in [1.82, 2.24) is 10.2 Å². The molecule has 1 aliphatic heterocycles. The lowest BCUT2D eigenvalue weighted by molar-refractivity contribution is -0.131. The van der Waals surface area contributed by atoms with Crippen LogP contribution in [0, 0.1) is 11.8 Å². The van der Waals surface area contributed by atoms with Crippen LogP contribution in [-0.2, 0) is 4.79 Å². The monoisotopic (exact) mass is 378 g/mol. The Kier molecular flexibility index (Phi) is 5.33. The molecule has 1 aliphatic carbocycles. The first kappa shape index (κ1) is 18.5. The Labute approximate surface area is 165 Å². The molecule has 0 bridgehead atoms. The minimum absolute atomic E-state index is 0.136. The first-order chi connectivity index (χ1) is 13.7. The van der Waals surface area contributed by atoms with Gasteiger partial charge < -0.3 is 15.0 Å². The van der Waals surface area contributed by atoms with Gasteiger partial charge in [-0.15, -0.1) is 0 Å². The summed E-state index contributed by atoms with van der Waals surface area (Å²) in [5.41, 5.74) is 2.63. The first-order valence-electron chi connectivity index (χ1n) is 9.96. The summed E-state index contributed by atoms with van der Waals surface area (Å²) in [4.78, 5) is 26.8. The standard InChI is InChI=1S/C23H26N2O3/c1-28-21-13-19(17-5-3-2-4-6-17)9-10-20(21)22(26)24-14-16-11-12-25(15-16)23(27)18-7-8-18/h2-6,9-10,13,16,18H,7-8,11-12,14-15H2,1H3,(H,24,26)/t16-/m1/s1. The molecule has 0 unspecified atom stereocenters. The molecule has 1 saturated heterocycles. The highest BCUT2D eigenvalue weighted by Gasteiger charge is 2.36. The van der Waals surface area contributed by atoms with Gasteiger partial charge in [-0.3, -0.25) is 9.59 Å². The highest BCUT2D eigenvalue weighted by atomic mass is 16.5. The molecule has 1 saturated carbocycles. The summed E-state index contributed by atoms with van der Waals surface area (Å²) in [6, 6.07) is 15.7. The lowest BCUT2D eigenvalue weighted by Crippen LogP contribution is -2.33. The summed E-state index contributed by atoms with van der Waals surface area (Å²) in [5.74, 6) is 1.31. The molecule has 28 heavy (non-hydrogen) atoms. The predicted octanol–water partition coefficient (Wildman–Crippen LogP) is 3.35. The van der Waals surface area contributed by atoms with Crippen LogP contribution in [0.15, 0.2) is 48.5 Å². The van der Waals surface area contributed by atoms with Crippen LogP contribution < -0.4 is 10.1 Å². The molecule has 2 amide bonds. The van der Waals surface area contributed by atoms with Crippen molar-refractivity contribution in [3.8, 4) is 16.9 Å². The van der Waals surface area contributed by atoms with E-state index in [0.29, 0.717) is 29.7 Å². The number of likely N-dealkylation sites (tertiary alicyclic amines) is 1. The predicted molar refractivity (Wildman–Crippen MR) is 108 cm³/mol. The second kappa shape index (κ2) is 8.05. The van der Waals surface area contributed by atoms with Gasteiger partial charge in [0.2, 0.25) is 5.91 Å². The molecule has 0 radical (unpaired) electrons. The number of benzene rings is 2. The maximum Gasteiger partial charge on any atom is 0.255 e. The van der Waals surface area contributed by atoms with E-state index in [9.17, 15) is 9.59 Å². The van der Waals surface area contributed by atoms with Crippen LogP contribution in [0.2, 0.25) is 0 Å². The van der Waals surface area contributed by atoms with Gasteiger partial charge in [-0.05, 0) is 48.4 Å². The van der Waals surface area contributed by atoms with Crippen molar-refractivity contribution in [3.05, 3.63) is 54.1 Å². The van der Waals surface area contributed by atoms with Crippen molar-refractivity contribution < 1.29 is 14.3 Å². The van der Waals surface area contributed by atoms with Gasteiger partial charge in [0, 0.05) is 25.6 Å². The van der Waals surface area contributed by atoms with E-state index in [0.717, 1.165) is 43.5 Å². The smallest absolute Gasteiger partial charge is 0.255 e. The SMILES string of the molecule is COc1cc(-c2ccccc2)ccc1C(=O)NC[C@H]1CCN(C(=O)C2CC2)C1. The number of nitrogens with one attached hydrogen (secondary N) is 1. The van der Waals surface area contributed by atoms with E-state index in [4.69, 9.17) is 4.74 Å². The zero-order valence-corrected chi connectivity index (χ0v) is 16.2. The van der Waals surface area contributed by atoms with Crippen molar-refractivity contribution in [2.75, 3.05) is 26.7 Å². The summed E-state index contributed by atoms with van der Waals surface area (Å²) >= 11 is 0. The average molecular weight is 378 g/mol. The number of hydrogen-bond acceptors (Lipinski definition) is 3. The molecule has 2 fully saturated rings. The third-order valence-corrected chi connectivity index (χ3v) is 5.63. The molecular formula is C23H26N2O3. The molecule has 2 aliphatic rings. The summed E-state index contributed by atoms with van der Waals surface area (Å²) < 4.78 is 5.47. The molecule has 2 aromatic rings. The van der Waals surface area contributed by atoms with E-state index in [1.165, 1.54) is 0 Å². The van der Waals surface area contributed by atoms with Gasteiger partial charge in [0.1, 0.15) is 5.75 Å². The van der Waals surface area contributed by atoms with Crippen molar-refractivity contribution in [2.45, 2.75) is 19.3 Å². The maximum absolute atomic E-state index is 12.7. The van der Waals surface area contributed by atoms with Gasteiger partial charge in [-0.2, -0.15) is 0 Å². The van der Waals surface area contributed by atoms with E-state index < -0.39 is 0 Å². The van der Waals surface area contributed by atoms with E-state index >= 15 is 0 Å². The lowest BCUT2D eigenvalue weighted by Gasteiger charge is -2.17. The fourth-order valence-corrected chi connectivity index (χ4v) is 3.81. The Morgan fingerprint density at radius 1 is 1.07 bits per heavy atom. The third-order valence-electron chi connectivity index (χ3n) is 5.63. The zero-order chi connectivity index (χ0) is 19.5. The third kappa shape index (κ3) is 4.03. The summed E-state index contributed by atoms with van der Waals surface area (Å²) in [6.07, 6.45) is 3.02.